The van der Waals surface area contributed by atoms with Gasteiger partial charge in [0.1, 0.15) is 0 Å². The lowest BCUT2D eigenvalue weighted by Gasteiger charge is -2.14. The largest absolute Gasteiger partial charge is 0.478 e. The van der Waals surface area contributed by atoms with E-state index in [9.17, 15) is 14.1 Å². The lowest BCUT2D eigenvalue weighted by Crippen LogP contribution is -2.24. The van der Waals surface area contributed by atoms with Crippen LogP contribution in [-0.2, 0) is 9.59 Å². The summed E-state index contributed by atoms with van der Waals surface area (Å²) in [7, 11) is 0. The third kappa shape index (κ3) is 3.03. The molecule has 1 N–H and O–H groups in total. The zero-order chi connectivity index (χ0) is 17.1. The van der Waals surface area contributed by atoms with E-state index in [0.29, 0.717) is 12.8 Å². The molecule has 24 heavy (non-hydrogen) atoms. The number of hydrogen-bond donors (Lipinski definition) is 1. The number of amides is 1. The van der Waals surface area contributed by atoms with E-state index in [0.717, 1.165) is 11.1 Å². The van der Waals surface area contributed by atoms with Gasteiger partial charge in [-0.15, -0.1) is 5.12 Å². The number of carbonyl (C=O) groups is 2. The Hall–Kier alpha value is -3.02. The molecular formula is C18H15FN2O3. The molecule has 1 aliphatic rings. The Labute approximate surface area is 138 Å². The zero-order valence-corrected chi connectivity index (χ0v) is 12.8. The number of rotatable bonds is 4. The Balaban J connectivity index is 1.83. The van der Waals surface area contributed by atoms with Gasteiger partial charge in [0.15, 0.2) is 0 Å². The molecule has 6 heteroatoms. The van der Waals surface area contributed by atoms with E-state index in [1.54, 1.807) is 30.6 Å². The van der Waals surface area contributed by atoms with Crippen molar-refractivity contribution in [2.45, 2.75) is 19.3 Å². The van der Waals surface area contributed by atoms with Gasteiger partial charge in [0.05, 0.1) is 5.69 Å². The van der Waals surface area contributed by atoms with Crippen molar-refractivity contribution in [3.63, 3.8) is 0 Å². The molecule has 0 saturated heterocycles. The molecule has 0 atom stereocenters. The molecule has 5 nitrogen and oxygen atoms in total. The molecule has 0 radical (unpaired) electrons. The average Bonchev–Trinajstić information content (AvgIpc) is 3.11. The van der Waals surface area contributed by atoms with Crippen LogP contribution in [0.1, 0.15) is 19.3 Å². The van der Waals surface area contributed by atoms with E-state index in [2.05, 4.69) is 4.98 Å². The summed E-state index contributed by atoms with van der Waals surface area (Å²) in [5.41, 5.74) is 1.85. The minimum absolute atomic E-state index is 0.00892. The summed E-state index contributed by atoms with van der Waals surface area (Å²) >= 11 is 0. The quantitative estimate of drug-likeness (QED) is 0.873. The molecule has 0 bridgehead atoms. The molecule has 1 heterocycles. The smallest absolute Gasteiger partial charge is 0.332 e. The fraction of sp³-hybridized carbons (Fsp3) is 0.167. The van der Waals surface area contributed by atoms with Gasteiger partial charge in [-0.3, -0.25) is 9.78 Å². The van der Waals surface area contributed by atoms with Crippen molar-refractivity contribution in [3.05, 3.63) is 59.9 Å². The number of aliphatic carboxylic acids is 1. The Morgan fingerprint density at radius 3 is 2.38 bits per heavy atom. The van der Waals surface area contributed by atoms with Gasteiger partial charge in [-0.1, -0.05) is 22.7 Å². The number of benzene rings is 1. The third-order valence-electron chi connectivity index (χ3n) is 4.00. The molecule has 122 valence electrons. The maximum atomic E-state index is 14.4. The van der Waals surface area contributed by atoms with Crippen LogP contribution < -0.4 is 5.12 Å². The van der Waals surface area contributed by atoms with Crippen molar-refractivity contribution in [2.75, 3.05) is 5.12 Å². The molecule has 3 rings (SSSR count). The lowest BCUT2D eigenvalue weighted by atomic mass is 10.1. The summed E-state index contributed by atoms with van der Waals surface area (Å²) in [5, 5.41) is 9.10. The highest BCUT2D eigenvalue weighted by molar-refractivity contribution is 6.09. The monoisotopic (exact) mass is 326 g/mol. The predicted octanol–water partition coefficient (Wildman–Crippen LogP) is 3.53. The van der Waals surface area contributed by atoms with Gasteiger partial charge < -0.3 is 5.11 Å². The second-order valence-corrected chi connectivity index (χ2v) is 5.49. The first-order valence-electron chi connectivity index (χ1n) is 7.54. The Bertz CT molecular complexity index is 801. The first-order chi connectivity index (χ1) is 11.6. The van der Waals surface area contributed by atoms with Crippen molar-refractivity contribution in [1.82, 2.24) is 4.98 Å². The molecule has 1 amide bonds. The van der Waals surface area contributed by atoms with Crippen LogP contribution in [0.4, 0.5) is 10.2 Å². The van der Waals surface area contributed by atoms with E-state index in [-0.39, 0.29) is 28.4 Å². The molecular weight excluding hydrogens is 311 g/mol. The van der Waals surface area contributed by atoms with Crippen LogP contribution in [-0.4, -0.2) is 22.0 Å². The first kappa shape index (κ1) is 15.9. The van der Waals surface area contributed by atoms with Crippen LogP contribution in [0, 0.1) is 0 Å². The summed E-state index contributed by atoms with van der Waals surface area (Å²) in [5.74, 6) is -2.06. The highest BCUT2D eigenvalue weighted by Crippen LogP contribution is 2.30. The maximum absolute atomic E-state index is 14.4. The Morgan fingerprint density at radius 2 is 1.75 bits per heavy atom. The van der Waals surface area contributed by atoms with Crippen molar-refractivity contribution in [2.24, 2.45) is 0 Å². The van der Waals surface area contributed by atoms with Crippen molar-refractivity contribution < 1.29 is 19.2 Å². The van der Waals surface area contributed by atoms with Crippen LogP contribution in [0.25, 0.3) is 11.1 Å². The van der Waals surface area contributed by atoms with Gasteiger partial charge in [-0.25, -0.2) is 4.79 Å². The normalized spacial score (nSPS) is 13.9. The van der Waals surface area contributed by atoms with Crippen molar-refractivity contribution in [3.8, 4) is 11.1 Å². The molecule has 1 aliphatic carbocycles. The number of pyridine rings is 1. The maximum Gasteiger partial charge on any atom is 0.332 e. The van der Waals surface area contributed by atoms with E-state index in [1.165, 1.54) is 12.1 Å². The molecule has 2 aromatic rings. The second-order valence-electron chi connectivity index (χ2n) is 5.49. The van der Waals surface area contributed by atoms with Gasteiger partial charge in [-0.05, 0) is 48.6 Å². The number of nitrogens with zero attached hydrogens (tertiary/aromatic N) is 2. The molecule has 1 aromatic carbocycles. The van der Waals surface area contributed by atoms with Crippen LogP contribution in [0.3, 0.4) is 0 Å². The van der Waals surface area contributed by atoms with Gasteiger partial charge in [0.25, 0.3) is 5.91 Å². The second kappa shape index (κ2) is 6.62. The number of halogens is 1. The van der Waals surface area contributed by atoms with E-state index in [4.69, 9.17) is 5.11 Å². The van der Waals surface area contributed by atoms with Crippen molar-refractivity contribution in [1.29, 1.82) is 0 Å². The van der Waals surface area contributed by atoms with Crippen LogP contribution in [0.15, 0.2) is 59.9 Å². The molecule has 0 unspecified atom stereocenters. The van der Waals surface area contributed by atoms with Gasteiger partial charge in [0, 0.05) is 23.5 Å². The number of carboxylic acids is 1. The number of hydrogen-bond acceptors (Lipinski definition) is 3. The van der Waals surface area contributed by atoms with Gasteiger partial charge >= 0.3 is 5.97 Å². The van der Waals surface area contributed by atoms with Crippen molar-refractivity contribution >= 4 is 17.6 Å². The number of aromatic nitrogens is 1. The average molecular weight is 326 g/mol. The molecule has 1 aromatic heterocycles. The summed E-state index contributed by atoms with van der Waals surface area (Å²) in [4.78, 5) is 27.4. The number of carboxylic acid groups (broad SMARTS) is 1. The molecule has 0 fully saturated rings. The topological polar surface area (TPSA) is 70.5 Å². The van der Waals surface area contributed by atoms with Gasteiger partial charge in [-0.2, -0.15) is 0 Å². The minimum Gasteiger partial charge on any atom is -0.478 e. The van der Waals surface area contributed by atoms with E-state index < -0.39 is 11.9 Å². The standard InChI is InChI=1S/C18H15FN2O3/c19-21(17(22)15-4-1-5-16(15)18(23)24)14-8-6-12(7-9-14)13-3-2-10-20-11-13/h2-3,6-11H,1,4-5H2,(H,23,24). The zero-order valence-electron chi connectivity index (χ0n) is 12.8. The highest BCUT2D eigenvalue weighted by Gasteiger charge is 2.29. The molecule has 0 aliphatic heterocycles. The SMILES string of the molecule is O=C(O)C1=C(C(=O)N(F)c2ccc(-c3cccnc3)cc2)CCC1. The Kier molecular flexibility index (Phi) is 4.37. The number of anilines is 1. The first-order valence-corrected chi connectivity index (χ1v) is 7.54. The van der Waals surface area contributed by atoms with Crippen LogP contribution in [0.2, 0.25) is 0 Å². The van der Waals surface area contributed by atoms with E-state index in [1.807, 2.05) is 6.07 Å². The third-order valence-corrected chi connectivity index (χ3v) is 4.00. The number of carbonyl (C=O) groups excluding carboxylic acids is 1. The summed E-state index contributed by atoms with van der Waals surface area (Å²) in [6.07, 6.45) is 4.49. The molecule has 0 spiro atoms. The minimum atomic E-state index is -1.16. The van der Waals surface area contributed by atoms with Crippen LogP contribution >= 0.6 is 0 Å². The molecule has 0 saturated carbocycles. The summed E-state index contributed by atoms with van der Waals surface area (Å²) in [6, 6.07) is 10.0. The predicted molar refractivity (Wildman–Crippen MR) is 86.8 cm³/mol. The fourth-order valence-corrected chi connectivity index (χ4v) is 2.77. The van der Waals surface area contributed by atoms with E-state index >= 15 is 0 Å². The Morgan fingerprint density at radius 1 is 1.04 bits per heavy atom. The van der Waals surface area contributed by atoms with Crippen LogP contribution in [0.5, 0.6) is 0 Å². The van der Waals surface area contributed by atoms with Gasteiger partial charge in [0.2, 0.25) is 0 Å². The summed E-state index contributed by atoms with van der Waals surface area (Å²) < 4.78 is 14.4. The highest BCUT2D eigenvalue weighted by atomic mass is 19.2. The lowest BCUT2D eigenvalue weighted by molar-refractivity contribution is -0.133. The summed E-state index contributed by atoms with van der Waals surface area (Å²) in [6.45, 7) is 0. The fourth-order valence-electron chi connectivity index (χ4n) is 2.77.